The number of nitrogens with zero attached hydrogens (tertiary/aromatic N) is 9. The van der Waals surface area contributed by atoms with E-state index in [0.29, 0.717) is 59.6 Å². The number of benzene rings is 3. The number of hydrogen-bond acceptors (Lipinski definition) is 18. The standard InChI is InChI=1S/C70H87FN12O7S3/c1-45-52-22-19-35-82(64(52)79-78-63(45)77-68-74-54-23-15-16-24-57(54)92-68)69-76-60(67(88)89)58(93-69)25-20-40-90-56-32-27-48(41-53(56)71)21-18-34-81-38-36-80(37-39-81)33-17-13-11-9-7-8-10-12-14-26-59(85)75-62(70(4,5)6)66(87)83-43-51(84)42-55(83)65(86)73-46(2)49-28-30-50(31-29-49)61-47(3)72-44-91-61/h15-16,23-24,27-32,41,44,46,51,55,62,84H,7-14,17,19-20,22,25-26,33-40,42-43H2,1-6H3,(H,73,86)(H,75,85)(H,88,89)(H,74,77,78)/t46-,51+,55-,62-/m0/s1. The van der Waals surface area contributed by atoms with E-state index in [9.17, 15) is 29.4 Å². The highest BCUT2D eigenvalue weighted by Gasteiger charge is 2.45. The van der Waals surface area contributed by atoms with Crippen molar-refractivity contribution in [1.29, 1.82) is 0 Å². The molecule has 2 saturated heterocycles. The number of likely N-dealkylation sites (tertiary alicyclic amines) is 1. The average molecular weight is 1320 g/mol. The third-order valence-corrected chi connectivity index (χ3v) is 20.8. The molecule has 494 valence electrons. The number of rotatable bonds is 28. The van der Waals surface area contributed by atoms with E-state index in [4.69, 9.17) is 4.74 Å². The lowest BCUT2D eigenvalue weighted by atomic mass is 9.85. The zero-order valence-electron chi connectivity index (χ0n) is 54.3. The molecule has 0 unspecified atom stereocenters. The largest absolute Gasteiger partial charge is 0.491 e. The number of aliphatic hydroxyl groups is 1. The lowest BCUT2D eigenvalue weighted by Crippen LogP contribution is -2.57. The number of hydrogen-bond donors (Lipinski definition) is 5. The summed E-state index contributed by atoms with van der Waals surface area (Å²) in [4.78, 5) is 77.1. The first kappa shape index (κ1) is 68.4. The van der Waals surface area contributed by atoms with Crippen molar-refractivity contribution in [1.82, 2.24) is 50.5 Å². The van der Waals surface area contributed by atoms with Crippen molar-refractivity contribution in [3.8, 4) is 28.0 Å². The molecule has 3 aromatic carbocycles. The summed E-state index contributed by atoms with van der Waals surface area (Å²) in [6, 6.07) is 18.7. The Morgan fingerprint density at radius 2 is 1.58 bits per heavy atom. The first-order valence-electron chi connectivity index (χ1n) is 32.8. The predicted octanol–water partition coefficient (Wildman–Crippen LogP) is 12.2. The van der Waals surface area contributed by atoms with Crippen LogP contribution in [0.5, 0.6) is 5.75 Å². The Bertz CT molecular complexity index is 3740. The molecule has 5 N–H and O–H groups in total. The van der Waals surface area contributed by atoms with Gasteiger partial charge < -0.3 is 45.6 Å². The van der Waals surface area contributed by atoms with Gasteiger partial charge in [0.15, 0.2) is 39.2 Å². The van der Waals surface area contributed by atoms with Crippen LogP contribution in [0.2, 0.25) is 0 Å². The molecule has 19 nitrogen and oxygen atoms in total. The molecule has 0 bridgehead atoms. The third kappa shape index (κ3) is 18.1. The fourth-order valence-electron chi connectivity index (χ4n) is 12.3. The first-order chi connectivity index (χ1) is 44.9. The van der Waals surface area contributed by atoms with Gasteiger partial charge in [-0.3, -0.25) is 19.3 Å². The number of aliphatic hydroxyl groups excluding tert-OH is 1. The Kier molecular flexibility index (Phi) is 23.6. The summed E-state index contributed by atoms with van der Waals surface area (Å²) in [6.07, 6.45) is 11.9. The Morgan fingerprint density at radius 3 is 2.29 bits per heavy atom. The normalized spacial score (nSPS) is 16.8. The number of para-hydroxylation sites is 1. The van der Waals surface area contributed by atoms with E-state index in [0.717, 1.165) is 119 Å². The Labute approximate surface area is 557 Å². The van der Waals surface area contributed by atoms with Gasteiger partial charge in [-0.15, -0.1) is 32.9 Å². The van der Waals surface area contributed by atoms with Gasteiger partial charge in [-0.2, -0.15) is 0 Å². The lowest BCUT2D eigenvalue weighted by Gasteiger charge is -2.35. The van der Waals surface area contributed by atoms with Crippen molar-refractivity contribution in [2.45, 2.75) is 162 Å². The van der Waals surface area contributed by atoms with Crippen LogP contribution in [-0.4, -0.2) is 151 Å². The Balaban J connectivity index is 0.562. The highest BCUT2D eigenvalue weighted by atomic mass is 32.1. The van der Waals surface area contributed by atoms with E-state index in [1.165, 1.54) is 54.4 Å². The monoisotopic (exact) mass is 1320 g/mol. The highest BCUT2D eigenvalue weighted by Crippen LogP contribution is 2.40. The van der Waals surface area contributed by atoms with E-state index in [1.807, 2.05) is 100 Å². The smallest absolute Gasteiger partial charge is 0.355 e. The van der Waals surface area contributed by atoms with Crippen LogP contribution < -0.4 is 25.6 Å². The second-order valence-electron chi connectivity index (χ2n) is 25.7. The van der Waals surface area contributed by atoms with E-state index >= 15 is 4.39 Å². The molecule has 93 heavy (non-hydrogen) atoms. The number of ether oxygens (including phenoxy) is 1. The van der Waals surface area contributed by atoms with Crippen LogP contribution in [0.1, 0.15) is 161 Å². The molecule has 3 aliphatic rings. The first-order valence-corrected chi connectivity index (χ1v) is 35.3. The number of nitrogens with one attached hydrogen (secondary N) is 3. The van der Waals surface area contributed by atoms with Crippen LogP contribution >= 0.6 is 34.0 Å². The zero-order valence-corrected chi connectivity index (χ0v) is 56.7. The number of carbonyl (C=O) groups is 4. The molecule has 7 aromatic rings. The van der Waals surface area contributed by atoms with Crippen molar-refractivity contribution >= 4 is 89.8 Å². The maximum Gasteiger partial charge on any atom is 0.355 e. The summed E-state index contributed by atoms with van der Waals surface area (Å²) in [5.74, 6) is 5.33. The van der Waals surface area contributed by atoms with Gasteiger partial charge >= 0.3 is 5.97 Å². The molecule has 10 rings (SSSR count). The van der Waals surface area contributed by atoms with Crippen molar-refractivity contribution < 1.29 is 38.5 Å². The molecule has 4 aromatic heterocycles. The van der Waals surface area contributed by atoms with Gasteiger partial charge in [-0.1, -0.05) is 125 Å². The van der Waals surface area contributed by atoms with Gasteiger partial charge in [0.2, 0.25) is 17.7 Å². The quantitative estimate of drug-likeness (QED) is 0.0227. The number of thiazole rings is 3. The minimum Gasteiger partial charge on any atom is -0.491 e. The van der Waals surface area contributed by atoms with Crippen LogP contribution in [-0.2, 0) is 27.2 Å². The van der Waals surface area contributed by atoms with E-state index in [1.54, 1.807) is 34.8 Å². The molecule has 3 amide bonds. The second kappa shape index (κ2) is 32.1. The van der Waals surface area contributed by atoms with E-state index in [-0.39, 0.29) is 54.8 Å². The SMILES string of the molecule is Cc1ncsc1-c1ccc([C@H](C)NC(=O)[C@@H]2C[C@@H](O)CN2C(=O)[C@H](NC(=O)CCCCCCCCCCCN2CCN(CC#Cc3ccc(OCCCc4sc(N5CCCc6c5nnc(Nc5nc7ccccc7s5)c6C)nc4C(=O)O)c(F)c3)CC2)C(C)(C)C)cc1. The van der Waals surface area contributed by atoms with Gasteiger partial charge in [0, 0.05) is 73.7 Å². The molecular formula is C70H87FN12O7S3. The lowest BCUT2D eigenvalue weighted by molar-refractivity contribution is -0.144. The molecular weight excluding hydrogens is 1240 g/mol. The number of aryl methyl sites for hydroxylation is 2. The van der Waals surface area contributed by atoms with Crippen molar-refractivity contribution in [2.75, 3.05) is 69.2 Å². The average Bonchev–Trinajstić information content (AvgIpc) is 1.78. The number of carbonyl (C=O) groups excluding carboxylic acids is 3. The third-order valence-electron chi connectivity index (χ3n) is 17.7. The summed E-state index contributed by atoms with van der Waals surface area (Å²) in [7, 11) is 0. The molecule has 0 saturated carbocycles. The van der Waals surface area contributed by atoms with Gasteiger partial charge in [-0.25, -0.2) is 24.1 Å². The second-order valence-corrected chi connectivity index (χ2v) is 28.7. The van der Waals surface area contributed by atoms with Crippen LogP contribution in [0, 0.1) is 36.9 Å². The number of unbranched alkanes of at least 4 members (excludes halogenated alkanes) is 8. The molecule has 23 heteroatoms. The maximum absolute atomic E-state index is 15.3. The van der Waals surface area contributed by atoms with Crippen molar-refractivity contribution in [3.05, 3.63) is 117 Å². The number of amides is 3. The number of piperazine rings is 1. The number of halogens is 1. The molecule has 0 aliphatic carbocycles. The fraction of sp³-hybridized carbons (Fsp3) is 0.500. The molecule has 4 atom stereocenters. The Morgan fingerprint density at radius 1 is 0.849 bits per heavy atom. The number of aromatic nitrogens is 5. The maximum atomic E-state index is 15.3. The molecule has 0 spiro atoms. The zero-order chi connectivity index (χ0) is 65.6. The number of fused-ring (bicyclic) bond motifs is 2. The summed E-state index contributed by atoms with van der Waals surface area (Å²) >= 11 is 4.46. The topological polar surface area (TPSA) is 231 Å². The van der Waals surface area contributed by atoms with Crippen LogP contribution in [0.15, 0.2) is 72.2 Å². The van der Waals surface area contributed by atoms with Gasteiger partial charge in [-0.05, 0) is 113 Å². The van der Waals surface area contributed by atoms with Crippen LogP contribution in [0.3, 0.4) is 0 Å². The summed E-state index contributed by atoms with van der Waals surface area (Å²) < 4.78 is 22.2. The van der Waals surface area contributed by atoms with E-state index < -0.39 is 35.4 Å². The Hall–Kier alpha value is -7.46. The number of carboxylic acid groups (broad SMARTS) is 1. The van der Waals surface area contributed by atoms with E-state index in [2.05, 4.69) is 62.7 Å². The molecule has 7 heterocycles. The number of β-amino-alcohol motifs (C(OH)–C–C–N with tert-alkyl or cyclic N) is 1. The molecule has 0 radical (unpaired) electrons. The predicted molar refractivity (Wildman–Crippen MR) is 367 cm³/mol. The van der Waals surface area contributed by atoms with Crippen LogP contribution in [0.25, 0.3) is 20.7 Å². The van der Waals surface area contributed by atoms with Crippen LogP contribution in [0.4, 0.5) is 26.3 Å². The van der Waals surface area contributed by atoms with Gasteiger partial charge in [0.1, 0.15) is 12.1 Å². The molecule has 2 fully saturated rings. The number of anilines is 4. The minimum absolute atomic E-state index is 0.00137. The summed E-state index contributed by atoms with van der Waals surface area (Å²) in [5.41, 5.74) is 7.65. The highest BCUT2D eigenvalue weighted by molar-refractivity contribution is 7.22. The minimum atomic E-state index is -1.11. The number of aromatic carboxylic acids is 1. The van der Waals surface area contributed by atoms with Crippen molar-refractivity contribution in [3.63, 3.8) is 0 Å². The van der Waals surface area contributed by atoms with Gasteiger partial charge in [0.25, 0.3) is 0 Å². The summed E-state index contributed by atoms with van der Waals surface area (Å²) in [6.45, 7) is 18.0. The molecule has 3 aliphatic heterocycles. The number of carboxylic acids is 1. The van der Waals surface area contributed by atoms with Gasteiger partial charge in [0.05, 0.1) is 51.6 Å². The summed E-state index contributed by atoms with van der Waals surface area (Å²) in [5, 5.41) is 40.7. The fourth-order valence-corrected chi connectivity index (χ4v) is 15.1. The van der Waals surface area contributed by atoms with Crippen molar-refractivity contribution in [2.24, 2.45) is 5.41 Å².